The third-order valence-electron chi connectivity index (χ3n) is 2.07. The molecule has 0 heterocycles. The Labute approximate surface area is 96.8 Å². The van der Waals surface area contributed by atoms with Crippen molar-refractivity contribution in [2.75, 3.05) is 0 Å². The van der Waals surface area contributed by atoms with Crippen molar-refractivity contribution in [1.82, 2.24) is 0 Å². The van der Waals surface area contributed by atoms with Gasteiger partial charge in [-0.05, 0) is 33.6 Å². The van der Waals surface area contributed by atoms with Crippen LogP contribution >= 0.6 is 0 Å². The normalized spacial score (nSPS) is 13.3. The zero-order chi connectivity index (χ0) is 11.9. The molecule has 0 saturated heterocycles. The molecule has 1 heteroatoms. The van der Waals surface area contributed by atoms with Crippen LogP contribution in [0.1, 0.15) is 33.6 Å². The molecule has 0 bridgehead atoms. The summed E-state index contributed by atoms with van der Waals surface area (Å²) < 4.78 is 0. The maximum atomic E-state index is 2.39. The quantitative estimate of drug-likeness (QED) is 0.344. The fourth-order valence-corrected chi connectivity index (χ4v) is 1.85. The summed E-state index contributed by atoms with van der Waals surface area (Å²) in [7, 11) is -1.01. The summed E-state index contributed by atoms with van der Waals surface area (Å²) in [6.45, 7) is 13.6. The van der Waals surface area contributed by atoms with Crippen molar-refractivity contribution in [2.24, 2.45) is 0 Å². The second kappa shape index (κ2) is 6.84. The third kappa shape index (κ3) is 11.4. The number of hydrogen-bond donors (Lipinski definition) is 0. The van der Waals surface area contributed by atoms with Crippen LogP contribution in [-0.4, -0.2) is 8.07 Å². The predicted molar refractivity (Wildman–Crippen MR) is 74.9 cm³/mol. The van der Waals surface area contributed by atoms with E-state index in [1.165, 1.54) is 24.0 Å². The molecular formula is C14H26Si. The van der Waals surface area contributed by atoms with E-state index >= 15 is 0 Å². The van der Waals surface area contributed by atoms with Gasteiger partial charge in [-0.2, -0.15) is 0 Å². The largest absolute Gasteiger partial charge is 0.0950 e. The first kappa shape index (κ1) is 14.4. The summed E-state index contributed by atoms with van der Waals surface area (Å²) in [4.78, 5) is 0. The summed E-state index contributed by atoms with van der Waals surface area (Å²) >= 11 is 0. The van der Waals surface area contributed by atoms with E-state index in [4.69, 9.17) is 0 Å². The van der Waals surface area contributed by atoms with Crippen LogP contribution in [-0.2, 0) is 0 Å². The van der Waals surface area contributed by atoms with Crippen LogP contribution in [0.15, 0.2) is 35.1 Å². The van der Waals surface area contributed by atoms with Gasteiger partial charge >= 0.3 is 0 Å². The topological polar surface area (TPSA) is 0 Å². The monoisotopic (exact) mass is 222 g/mol. The van der Waals surface area contributed by atoms with E-state index in [1.54, 1.807) is 0 Å². The Morgan fingerprint density at radius 2 is 1.67 bits per heavy atom. The van der Waals surface area contributed by atoms with Gasteiger partial charge in [-0.1, -0.05) is 54.7 Å². The summed E-state index contributed by atoms with van der Waals surface area (Å²) in [5, 5.41) is 0. The fraction of sp³-hybridized carbons (Fsp3) is 0.571. The summed E-state index contributed by atoms with van der Waals surface area (Å²) in [5.41, 5.74) is 5.28. The lowest BCUT2D eigenvalue weighted by Crippen LogP contribution is -2.15. The predicted octanol–water partition coefficient (Wildman–Crippen LogP) is 5.11. The van der Waals surface area contributed by atoms with Crippen LogP contribution in [0.2, 0.25) is 19.6 Å². The first-order valence-electron chi connectivity index (χ1n) is 5.79. The van der Waals surface area contributed by atoms with E-state index in [0.29, 0.717) is 0 Å². The van der Waals surface area contributed by atoms with Crippen LogP contribution in [0.25, 0.3) is 0 Å². The highest BCUT2D eigenvalue weighted by molar-refractivity contribution is 6.80. The highest BCUT2D eigenvalue weighted by Crippen LogP contribution is 2.08. The molecule has 0 fully saturated rings. The molecule has 0 aromatic heterocycles. The molecule has 15 heavy (non-hydrogen) atoms. The van der Waals surface area contributed by atoms with E-state index in [9.17, 15) is 0 Å². The Morgan fingerprint density at radius 1 is 1.07 bits per heavy atom. The van der Waals surface area contributed by atoms with Crippen LogP contribution in [0, 0.1) is 0 Å². The first-order valence-corrected chi connectivity index (χ1v) is 9.37. The van der Waals surface area contributed by atoms with Crippen LogP contribution in [0.5, 0.6) is 0 Å². The molecule has 0 radical (unpaired) electrons. The van der Waals surface area contributed by atoms with Gasteiger partial charge < -0.3 is 0 Å². The molecule has 0 saturated carbocycles. The average Bonchev–Trinajstić information content (AvgIpc) is 2.00. The van der Waals surface area contributed by atoms with Crippen molar-refractivity contribution in [2.45, 2.75) is 53.3 Å². The molecule has 86 valence electrons. The highest BCUT2D eigenvalue weighted by atomic mass is 28.3. The summed E-state index contributed by atoms with van der Waals surface area (Å²) in [6.07, 6.45) is 9.16. The van der Waals surface area contributed by atoms with E-state index in [-0.39, 0.29) is 0 Å². The fourth-order valence-electron chi connectivity index (χ4n) is 1.17. The minimum Gasteiger partial charge on any atom is -0.0950 e. The van der Waals surface area contributed by atoms with Crippen molar-refractivity contribution < 1.29 is 0 Å². The Hall–Kier alpha value is -0.563. The van der Waals surface area contributed by atoms with Crippen LogP contribution < -0.4 is 0 Å². The number of hydrogen-bond acceptors (Lipinski definition) is 0. The molecule has 0 spiro atoms. The van der Waals surface area contributed by atoms with Crippen molar-refractivity contribution in [1.29, 1.82) is 0 Å². The molecule has 0 aromatic rings. The minimum absolute atomic E-state index is 1.01. The van der Waals surface area contributed by atoms with Crippen molar-refractivity contribution in [3.05, 3.63) is 35.1 Å². The number of allylic oxidation sites excluding steroid dienone is 5. The van der Waals surface area contributed by atoms with E-state index in [2.05, 4.69) is 64.3 Å². The van der Waals surface area contributed by atoms with Gasteiger partial charge in [0.1, 0.15) is 0 Å². The van der Waals surface area contributed by atoms with Crippen LogP contribution in [0.3, 0.4) is 0 Å². The molecule has 0 aliphatic carbocycles. The Kier molecular flexibility index (Phi) is 6.58. The highest BCUT2D eigenvalue weighted by Gasteiger charge is 2.05. The summed E-state index contributed by atoms with van der Waals surface area (Å²) in [5.74, 6) is 0. The Balaban J connectivity index is 4.00. The molecule has 0 aliphatic rings. The lowest BCUT2D eigenvalue weighted by molar-refractivity contribution is 0.967. The van der Waals surface area contributed by atoms with Gasteiger partial charge in [0.05, 0.1) is 8.07 Å². The summed E-state index contributed by atoms with van der Waals surface area (Å²) in [6, 6.07) is 0. The standard InChI is InChI=1S/C14H26Si/c1-13(2)9-7-10-14(3)11-8-12-15(4,5)6/h8-9,11-12H,7,10H2,1-6H3/b12-8+,14-11+. The van der Waals surface area contributed by atoms with Gasteiger partial charge in [0.2, 0.25) is 0 Å². The Bertz CT molecular complexity index is 258. The second-order valence-electron chi connectivity index (χ2n) is 5.56. The SMILES string of the molecule is CC(C)=CCC/C(C)=C/C=C/[Si](C)(C)C. The van der Waals surface area contributed by atoms with Gasteiger partial charge in [0.25, 0.3) is 0 Å². The molecule has 0 aromatic carbocycles. The smallest absolute Gasteiger partial charge is 0.0687 e. The van der Waals surface area contributed by atoms with Gasteiger partial charge in [0, 0.05) is 0 Å². The second-order valence-corrected chi connectivity index (χ2v) is 10.6. The van der Waals surface area contributed by atoms with E-state index in [1.807, 2.05) is 0 Å². The van der Waals surface area contributed by atoms with Gasteiger partial charge in [-0.3, -0.25) is 0 Å². The number of rotatable bonds is 5. The molecule has 0 unspecified atom stereocenters. The van der Waals surface area contributed by atoms with Gasteiger partial charge in [0.15, 0.2) is 0 Å². The van der Waals surface area contributed by atoms with Gasteiger partial charge in [-0.25, -0.2) is 0 Å². The van der Waals surface area contributed by atoms with Crippen LogP contribution in [0.4, 0.5) is 0 Å². The zero-order valence-electron chi connectivity index (χ0n) is 11.2. The Morgan fingerprint density at radius 3 is 2.13 bits per heavy atom. The first-order chi connectivity index (χ1) is 6.81. The third-order valence-corrected chi connectivity index (χ3v) is 3.26. The maximum Gasteiger partial charge on any atom is 0.0687 e. The molecule has 0 N–H and O–H groups in total. The molecule has 0 amide bonds. The molecule has 0 atom stereocenters. The molecule has 0 rings (SSSR count). The maximum absolute atomic E-state index is 2.39. The zero-order valence-corrected chi connectivity index (χ0v) is 12.2. The minimum atomic E-state index is -1.01. The molecular weight excluding hydrogens is 196 g/mol. The van der Waals surface area contributed by atoms with E-state index < -0.39 is 8.07 Å². The average molecular weight is 222 g/mol. The van der Waals surface area contributed by atoms with E-state index in [0.717, 1.165) is 0 Å². The van der Waals surface area contributed by atoms with Gasteiger partial charge in [-0.15, -0.1) is 0 Å². The molecule has 0 nitrogen and oxygen atoms in total. The van der Waals surface area contributed by atoms with Crippen molar-refractivity contribution >= 4 is 8.07 Å². The van der Waals surface area contributed by atoms with Crippen molar-refractivity contribution in [3.8, 4) is 0 Å². The lowest BCUT2D eigenvalue weighted by atomic mass is 10.1. The lowest BCUT2D eigenvalue weighted by Gasteiger charge is -2.07. The molecule has 0 aliphatic heterocycles. The van der Waals surface area contributed by atoms with Crippen molar-refractivity contribution in [3.63, 3.8) is 0 Å².